The summed E-state index contributed by atoms with van der Waals surface area (Å²) in [7, 11) is 0. The van der Waals surface area contributed by atoms with Gasteiger partial charge in [0, 0.05) is 0 Å². The second-order valence-electron chi connectivity index (χ2n) is 5.73. The first-order valence-electron chi connectivity index (χ1n) is 7.99. The molecule has 1 aromatic rings. The maximum absolute atomic E-state index is 12.1. The summed E-state index contributed by atoms with van der Waals surface area (Å²) in [5, 5.41) is 9.78. The van der Waals surface area contributed by atoms with Gasteiger partial charge in [-0.15, -0.1) is 0 Å². The number of esters is 1. The van der Waals surface area contributed by atoms with Gasteiger partial charge in [0.2, 0.25) is 0 Å². The Labute approximate surface area is 133 Å². The van der Waals surface area contributed by atoms with Crippen LogP contribution in [0.25, 0.3) is 0 Å². The van der Waals surface area contributed by atoms with E-state index in [4.69, 9.17) is 4.74 Å². The highest BCUT2D eigenvalue weighted by molar-refractivity contribution is 5.89. The minimum Gasteiger partial charge on any atom is -0.446 e. The summed E-state index contributed by atoms with van der Waals surface area (Å²) >= 11 is 0. The third-order valence-electron chi connectivity index (χ3n) is 3.35. The van der Waals surface area contributed by atoms with E-state index in [9.17, 15) is 9.90 Å². The van der Waals surface area contributed by atoms with E-state index >= 15 is 0 Å². The topological polar surface area (TPSA) is 46.5 Å². The molecule has 0 saturated heterocycles. The van der Waals surface area contributed by atoms with Crippen molar-refractivity contribution in [2.24, 2.45) is 5.92 Å². The van der Waals surface area contributed by atoms with Crippen LogP contribution in [0.4, 0.5) is 0 Å². The molecule has 0 spiro atoms. The average Bonchev–Trinajstić information content (AvgIpc) is 2.52. The predicted octanol–water partition coefficient (Wildman–Crippen LogP) is 3.81. The third-order valence-corrected chi connectivity index (χ3v) is 3.35. The Bertz CT molecular complexity index is 496. The molecule has 3 heteroatoms. The van der Waals surface area contributed by atoms with Crippen molar-refractivity contribution in [1.29, 1.82) is 0 Å². The van der Waals surface area contributed by atoms with Crippen LogP contribution < -0.4 is 0 Å². The molecule has 3 nitrogen and oxygen atoms in total. The molecule has 120 valence electrons. The normalized spacial score (nSPS) is 13.1. The molecule has 0 aliphatic carbocycles. The van der Waals surface area contributed by atoms with Gasteiger partial charge in [-0.2, -0.15) is 0 Å². The fraction of sp³-hybridized carbons (Fsp3) is 0.526. The molecule has 0 saturated carbocycles. The van der Waals surface area contributed by atoms with Crippen LogP contribution in [-0.4, -0.2) is 23.3 Å². The fourth-order valence-electron chi connectivity index (χ4n) is 1.86. The number of carbonyl (C=O) groups excluding carboxylic acids is 1. The van der Waals surface area contributed by atoms with Crippen molar-refractivity contribution in [2.75, 3.05) is 0 Å². The standard InChI is InChI=1S/C19H26O3/c1-4-5-7-12-17(13-14-18(20)15(2)3)22-19(21)16-10-8-6-9-11-16/h6,8-11,15,17-18,20H,4-5,7,12H2,1-3H3. The molecular weight excluding hydrogens is 276 g/mol. The minimum atomic E-state index is -0.691. The molecule has 0 amide bonds. The maximum Gasteiger partial charge on any atom is 0.339 e. The van der Waals surface area contributed by atoms with Gasteiger partial charge in [0.05, 0.1) is 5.56 Å². The summed E-state index contributed by atoms with van der Waals surface area (Å²) in [4.78, 5) is 12.1. The number of benzene rings is 1. The Kier molecular flexibility index (Phi) is 8.32. The Balaban J connectivity index is 2.70. The molecule has 2 atom stereocenters. The molecule has 2 unspecified atom stereocenters. The van der Waals surface area contributed by atoms with Crippen molar-refractivity contribution >= 4 is 5.97 Å². The van der Waals surface area contributed by atoms with Gasteiger partial charge in [-0.1, -0.05) is 63.7 Å². The SMILES string of the molecule is CCCCCC(C#CC(O)C(C)C)OC(=O)c1ccccc1. The summed E-state index contributed by atoms with van der Waals surface area (Å²) in [5.74, 6) is 5.41. The largest absolute Gasteiger partial charge is 0.446 e. The van der Waals surface area contributed by atoms with E-state index in [1.165, 1.54) is 0 Å². The van der Waals surface area contributed by atoms with Gasteiger partial charge >= 0.3 is 5.97 Å². The molecule has 0 fully saturated rings. The maximum atomic E-state index is 12.1. The van der Waals surface area contributed by atoms with E-state index in [0.29, 0.717) is 12.0 Å². The van der Waals surface area contributed by atoms with Gasteiger partial charge in [-0.05, 0) is 30.9 Å². The van der Waals surface area contributed by atoms with Gasteiger partial charge in [-0.25, -0.2) is 4.79 Å². The Morgan fingerprint density at radius 1 is 1.18 bits per heavy atom. The monoisotopic (exact) mass is 302 g/mol. The van der Waals surface area contributed by atoms with Crippen molar-refractivity contribution in [1.82, 2.24) is 0 Å². The summed E-state index contributed by atoms with van der Waals surface area (Å²) in [5.41, 5.74) is 0.522. The second-order valence-corrected chi connectivity index (χ2v) is 5.73. The molecule has 0 aliphatic rings. The summed E-state index contributed by atoms with van der Waals surface area (Å²) in [6.45, 7) is 5.93. The van der Waals surface area contributed by atoms with Crippen molar-refractivity contribution in [3.8, 4) is 11.8 Å². The predicted molar refractivity (Wildman–Crippen MR) is 88.4 cm³/mol. The number of rotatable bonds is 7. The molecule has 22 heavy (non-hydrogen) atoms. The minimum absolute atomic E-state index is 0.0635. The van der Waals surface area contributed by atoms with Crippen molar-refractivity contribution in [3.63, 3.8) is 0 Å². The van der Waals surface area contributed by atoms with Gasteiger partial charge in [-0.3, -0.25) is 0 Å². The first kappa shape index (κ1) is 18.3. The zero-order chi connectivity index (χ0) is 16.4. The van der Waals surface area contributed by atoms with Gasteiger partial charge in [0.25, 0.3) is 0 Å². The molecule has 1 N–H and O–H groups in total. The highest BCUT2D eigenvalue weighted by atomic mass is 16.5. The number of hydrogen-bond donors (Lipinski definition) is 1. The Morgan fingerprint density at radius 3 is 2.45 bits per heavy atom. The molecule has 0 heterocycles. The molecule has 0 radical (unpaired) electrons. The Morgan fingerprint density at radius 2 is 1.86 bits per heavy atom. The van der Waals surface area contributed by atoms with E-state index < -0.39 is 12.2 Å². The van der Waals surface area contributed by atoms with Crippen LogP contribution in [0.5, 0.6) is 0 Å². The van der Waals surface area contributed by atoms with Crippen LogP contribution in [0.1, 0.15) is 56.8 Å². The van der Waals surface area contributed by atoms with Crippen LogP contribution in [0, 0.1) is 17.8 Å². The zero-order valence-electron chi connectivity index (χ0n) is 13.7. The summed E-state index contributed by atoms with van der Waals surface area (Å²) in [6.07, 6.45) is 2.67. The number of carbonyl (C=O) groups is 1. The number of unbranched alkanes of at least 4 members (excludes halogenated alkanes) is 2. The van der Waals surface area contributed by atoms with Gasteiger partial charge in [0.15, 0.2) is 6.10 Å². The highest BCUT2D eigenvalue weighted by Gasteiger charge is 2.14. The Hall–Kier alpha value is -1.79. The number of ether oxygens (including phenoxy) is 1. The summed E-state index contributed by atoms with van der Waals surface area (Å²) in [6, 6.07) is 8.91. The van der Waals surface area contributed by atoms with E-state index in [0.717, 1.165) is 19.3 Å². The molecule has 1 rings (SSSR count). The van der Waals surface area contributed by atoms with Crippen molar-refractivity contribution in [2.45, 2.75) is 58.7 Å². The smallest absolute Gasteiger partial charge is 0.339 e. The average molecular weight is 302 g/mol. The van der Waals surface area contributed by atoms with Crippen LogP contribution in [-0.2, 0) is 4.74 Å². The van der Waals surface area contributed by atoms with Crippen molar-refractivity contribution in [3.05, 3.63) is 35.9 Å². The molecule has 0 bridgehead atoms. The fourth-order valence-corrected chi connectivity index (χ4v) is 1.86. The van der Waals surface area contributed by atoms with Crippen LogP contribution in [0.15, 0.2) is 30.3 Å². The van der Waals surface area contributed by atoms with E-state index in [2.05, 4.69) is 18.8 Å². The van der Waals surface area contributed by atoms with Crippen molar-refractivity contribution < 1.29 is 14.6 Å². The summed E-state index contributed by atoms with van der Waals surface area (Å²) < 4.78 is 5.49. The second kappa shape index (κ2) is 10.0. The van der Waals surface area contributed by atoms with E-state index in [1.807, 2.05) is 19.9 Å². The molecule has 1 aromatic carbocycles. The lowest BCUT2D eigenvalue weighted by molar-refractivity contribution is 0.0392. The lowest BCUT2D eigenvalue weighted by Gasteiger charge is -2.13. The first-order chi connectivity index (χ1) is 10.5. The zero-order valence-corrected chi connectivity index (χ0v) is 13.7. The van der Waals surface area contributed by atoms with Gasteiger partial charge in [0.1, 0.15) is 6.10 Å². The molecule has 0 aliphatic heterocycles. The van der Waals surface area contributed by atoms with E-state index in [-0.39, 0.29) is 11.9 Å². The first-order valence-corrected chi connectivity index (χ1v) is 7.99. The number of aliphatic hydroxyl groups is 1. The quantitative estimate of drug-likeness (QED) is 0.473. The third kappa shape index (κ3) is 6.78. The van der Waals surface area contributed by atoms with E-state index in [1.54, 1.807) is 24.3 Å². The number of aliphatic hydroxyl groups excluding tert-OH is 1. The van der Waals surface area contributed by atoms with Gasteiger partial charge < -0.3 is 9.84 Å². The lowest BCUT2D eigenvalue weighted by Crippen LogP contribution is -2.18. The molecular formula is C19H26O3. The lowest BCUT2D eigenvalue weighted by atomic mass is 10.1. The van der Waals surface area contributed by atoms with Crippen LogP contribution >= 0.6 is 0 Å². The van der Waals surface area contributed by atoms with Crippen LogP contribution in [0.2, 0.25) is 0 Å². The number of hydrogen-bond acceptors (Lipinski definition) is 3. The van der Waals surface area contributed by atoms with Crippen LogP contribution in [0.3, 0.4) is 0 Å². The molecule has 0 aromatic heterocycles. The highest BCUT2D eigenvalue weighted by Crippen LogP contribution is 2.10.